The molecule has 4 rings (SSSR count). The molecular formula is C26H31N3O4. The van der Waals surface area contributed by atoms with Crippen molar-refractivity contribution in [1.82, 2.24) is 15.1 Å². The van der Waals surface area contributed by atoms with Crippen molar-refractivity contribution in [3.05, 3.63) is 59.3 Å². The van der Waals surface area contributed by atoms with Crippen LogP contribution in [0.5, 0.6) is 17.2 Å². The number of nitrogens with zero attached hydrogens (tertiary/aromatic N) is 2. The SMILES string of the molecule is CCCCN1C(=O)c2[nH]nc(-c3ccccc3O)c2[C@H]1c1ccc(OCCC)c(OCC)c1. The molecule has 1 amide bonds. The van der Waals surface area contributed by atoms with Crippen molar-refractivity contribution in [2.75, 3.05) is 19.8 Å². The number of phenolic OH excluding ortho intramolecular Hbond substituents is 1. The second kappa shape index (κ2) is 9.98. The maximum atomic E-state index is 13.4. The summed E-state index contributed by atoms with van der Waals surface area (Å²) in [4.78, 5) is 15.3. The molecule has 0 fully saturated rings. The fourth-order valence-corrected chi connectivity index (χ4v) is 4.28. The molecule has 0 saturated carbocycles. The molecule has 0 spiro atoms. The lowest BCUT2D eigenvalue weighted by molar-refractivity contribution is 0.0741. The summed E-state index contributed by atoms with van der Waals surface area (Å²) >= 11 is 0. The van der Waals surface area contributed by atoms with Crippen molar-refractivity contribution in [2.24, 2.45) is 0 Å². The lowest BCUT2D eigenvalue weighted by Gasteiger charge is -2.27. The van der Waals surface area contributed by atoms with Crippen molar-refractivity contribution in [3.8, 4) is 28.5 Å². The lowest BCUT2D eigenvalue weighted by Crippen LogP contribution is -2.30. The highest BCUT2D eigenvalue weighted by Gasteiger charge is 2.42. The molecular weight excluding hydrogens is 418 g/mol. The first-order valence-electron chi connectivity index (χ1n) is 11.7. The molecule has 1 aliphatic heterocycles. The normalized spacial score (nSPS) is 15.1. The molecule has 3 aromatic rings. The molecule has 2 aromatic carbocycles. The zero-order valence-corrected chi connectivity index (χ0v) is 19.4. The summed E-state index contributed by atoms with van der Waals surface area (Å²) in [5, 5.41) is 17.9. The van der Waals surface area contributed by atoms with Crippen molar-refractivity contribution in [3.63, 3.8) is 0 Å². The fraction of sp³-hybridized carbons (Fsp3) is 0.385. The Kier molecular flexibility index (Phi) is 6.87. The van der Waals surface area contributed by atoms with E-state index in [1.165, 1.54) is 0 Å². The van der Waals surface area contributed by atoms with Gasteiger partial charge in [-0.15, -0.1) is 0 Å². The number of carbonyl (C=O) groups excluding carboxylic acids is 1. The second-order valence-electron chi connectivity index (χ2n) is 8.12. The van der Waals surface area contributed by atoms with Crippen LogP contribution in [-0.2, 0) is 0 Å². The first-order chi connectivity index (χ1) is 16.1. The molecule has 0 bridgehead atoms. The number of fused-ring (bicyclic) bond motifs is 1. The highest BCUT2D eigenvalue weighted by molar-refractivity contribution is 6.00. The van der Waals surface area contributed by atoms with E-state index in [0.29, 0.717) is 48.2 Å². The minimum atomic E-state index is -0.341. The molecule has 0 radical (unpaired) electrons. The van der Waals surface area contributed by atoms with Gasteiger partial charge in [0, 0.05) is 17.7 Å². The van der Waals surface area contributed by atoms with Gasteiger partial charge in [-0.1, -0.05) is 38.5 Å². The Hall–Kier alpha value is -3.48. The summed E-state index contributed by atoms with van der Waals surface area (Å²) in [5.74, 6) is 1.40. The van der Waals surface area contributed by atoms with E-state index in [9.17, 15) is 9.90 Å². The molecule has 1 atom stereocenters. The number of aromatic hydroxyl groups is 1. The van der Waals surface area contributed by atoms with Crippen LogP contribution in [0.1, 0.15) is 67.7 Å². The molecule has 0 aliphatic carbocycles. The van der Waals surface area contributed by atoms with Crippen LogP contribution in [0.25, 0.3) is 11.3 Å². The number of ether oxygens (including phenoxy) is 2. The van der Waals surface area contributed by atoms with Crippen LogP contribution >= 0.6 is 0 Å². The number of aromatic nitrogens is 2. The summed E-state index contributed by atoms with van der Waals surface area (Å²) < 4.78 is 11.8. The third-order valence-electron chi connectivity index (χ3n) is 5.82. The lowest BCUT2D eigenvalue weighted by atomic mass is 9.95. The predicted molar refractivity (Wildman–Crippen MR) is 127 cm³/mol. The van der Waals surface area contributed by atoms with Crippen molar-refractivity contribution in [1.29, 1.82) is 0 Å². The average Bonchev–Trinajstić information content (AvgIpc) is 3.36. The summed E-state index contributed by atoms with van der Waals surface area (Å²) in [6, 6.07) is 12.6. The number of para-hydroxylation sites is 1. The van der Waals surface area contributed by atoms with E-state index >= 15 is 0 Å². The van der Waals surface area contributed by atoms with Crippen molar-refractivity contribution < 1.29 is 19.4 Å². The number of carbonyl (C=O) groups is 1. The number of rotatable bonds is 10. The van der Waals surface area contributed by atoms with Crippen LogP contribution in [0, 0.1) is 0 Å². The van der Waals surface area contributed by atoms with Gasteiger partial charge in [0.05, 0.1) is 19.3 Å². The fourth-order valence-electron chi connectivity index (χ4n) is 4.28. The summed E-state index contributed by atoms with van der Waals surface area (Å²) in [6.07, 6.45) is 2.77. The Labute approximate surface area is 194 Å². The molecule has 33 heavy (non-hydrogen) atoms. The predicted octanol–water partition coefficient (Wildman–Crippen LogP) is 5.32. The Bertz CT molecular complexity index is 1120. The Morgan fingerprint density at radius 1 is 1.06 bits per heavy atom. The van der Waals surface area contributed by atoms with Gasteiger partial charge in [0.25, 0.3) is 5.91 Å². The van der Waals surface area contributed by atoms with Crippen LogP contribution in [0.2, 0.25) is 0 Å². The van der Waals surface area contributed by atoms with E-state index in [0.717, 1.165) is 30.4 Å². The Morgan fingerprint density at radius 2 is 1.88 bits per heavy atom. The summed E-state index contributed by atoms with van der Waals surface area (Å²) in [5.41, 5.74) is 3.35. The van der Waals surface area contributed by atoms with E-state index in [2.05, 4.69) is 24.0 Å². The number of H-pyrrole nitrogens is 1. The Morgan fingerprint density at radius 3 is 2.61 bits per heavy atom. The molecule has 2 heterocycles. The zero-order valence-electron chi connectivity index (χ0n) is 19.4. The molecule has 7 heteroatoms. The number of hydrogen-bond donors (Lipinski definition) is 2. The molecule has 0 unspecified atom stereocenters. The van der Waals surface area contributed by atoms with Crippen LogP contribution in [0.4, 0.5) is 0 Å². The summed E-state index contributed by atoms with van der Waals surface area (Å²) in [6.45, 7) is 7.85. The van der Waals surface area contributed by atoms with Gasteiger partial charge in [-0.2, -0.15) is 5.10 Å². The zero-order chi connectivity index (χ0) is 23.4. The van der Waals surface area contributed by atoms with E-state index in [1.807, 2.05) is 42.2 Å². The van der Waals surface area contributed by atoms with Gasteiger partial charge < -0.3 is 19.5 Å². The van der Waals surface area contributed by atoms with Gasteiger partial charge in [0.15, 0.2) is 11.5 Å². The van der Waals surface area contributed by atoms with Gasteiger partial charge in [-0.05, 0) is 49.6 Å². The number of unbranched alkanes of at least 4 members (excludes halogenated alkanes) is 1. The molecule has 1 aromatic heterocycles. The van der Waals surface area contributed by atoms with Crippen molar-refractivity contribution in [2.45, 2.75) is 46.1 Å². The van der Waals surface area contributed by atoms with Gasteiger partial charge in [0.2, 0.25) is 0 Å². The molecule has 174 valence electrons. The van der Waals surface area contributed by atoms with Crippen LogP contribution in [-0.4, -0.2) is 45.9 Å². The minimum absolute atomic E-state index is 0.0816. The first-order valence-corrected chi connectivity index (χ1v) is 11.7. The maximum Gasteiger partial charge on any atom is 0.273 e. The highest BCUT2D eigenvalue weighted by Crippen LogP contribution is 2.46. The molecule has 2 N–H and O–H groups in total. The molecule has 0 saturated heterocycles. The monoisotopic (exact) mass is 449 g/mol. The van der Waals surface area contributed by atoms with Gasteiger partial charge in [-0.25, -0.2) is 0 Å². The smallest absolute Gasteiger partial charge is 0.273 e. The maximum absolute atomic E-state index is 13.4. The molecule has 1 aliphatic rings. The van der Waals surface area contributed by atoms with Gasteiger partial charge in [0.1, 0.15) is 17.1 Å². The van der Waals surface area contributed by atoms with E-state index < -0.39 is 0 Å². The standard InChI is InChI=1S/C26H31N3O4/c1-4-7-14-29-25(17-12-13-20(33-15-5-2)21(16-17)32-6-3)22-23(27-28-24(22)26(29)31)18-10-8-9-11-19(18)30/h8-13,16,25,30H,4-7,14-15H2,1-3H3,(H,27,28)/t25-/m1/s1. The largest absolute Gasteiger partial charge is 0.507 e. The summed E-state index contributed by atoms with van der Waals surface area (Å²) in [7, 11) is 0. The quantitative estimate of drug-likeness (QED) is 0.438. The number of amides is 1. The Balaban J connectivity index is 1.84. The number of aromatic amines is 1. The van der Waals surface area contributed by atoms with Crippen molar-refractivity contribution >= 4 is 5.91 Å². The third kappa shape index (κ3) is 4.27. The van der Waals surface area contributed by atoms with Gasteiger partial charge in [-0.3, -0.25) is 9.89 Å². The topological polar surface area (TPSA) is 87.7 Å². The van der Waals surface area contributed by atoms with Crippen LogP contribution in [0.15, 0.2) is 42.5 Å². The number of benzene rings is 2. The number of hydrogen-bond acceptors (Lipinski definition) is 5. The second-order valence-corrected chi connectivity index (χ2v) is 8.12. The highest BCUT2D eigenvalue weighted by atomic mass is 16.5. The molecule has 7 nitrogen and oxygen atoms in total. The van der Waals surface area contributed by atoms with Gasteiger partial charge >= 0.3 is 0 Å². The third-order valence-corrected chi connectivity index (χ3v) is 5.82. The minimum Gasteiger partial charge on any atom is -0.507 e. The van der Waals surface area contributed by atoms with E-state index in [4.69, 9.17) is 9.47 Å². The number of nitrogens with one attached hydrogen (secondary N) is 1. The average molecular weight is 450 g/mol. The first kappa shape index (κ1) is 22.7. The van der Waals surface area contributed by atoms with E-state index in [-0.39, 0.29) is 17.7 Å². The van der Waals surface area contributed by atoms with E-state index in [1.54, 1.807) is 12.1 Å². The van der Waals surface area contributed by atoms with Crippen LogP contribution in [0.3, 0.4) is 0 Å². The number of phenols is 1. The van der Waals surface area contributed by atoms with Crippen LogP contribution < -0.4 is 9.47 Å².